The number of nitrogens with zero attached hydrogens (tertiary/aromatic N) is 2. The van der Waals surface area contributed by atoms with Crippen LogP contribution in [0.5, 0.6) is 0 Å². The quantitative estimate of drug-likeness (QED) is 0.755. The molecule has 1 heterocycles. The molecule has 104 valence electrons. The molecule has 2 aromatic carbocycles. The molecule has 0 aliphatic heterocycles. The van der Waals surface area contributed by atoms with Crippen molar-refractivity contribution in [3.8, 4) is 0 Å². The van der Waals surface area contributed by atoms with E-state index in [0.717, 1.165) is 23.1 Å². The van der Waals surface area contributed by atoms with E-state index in [1.54, 1.807) is 6.33 Å². The highest BCUT2D eigenvalue weighted by Crippen LogP contribution is 2.33. The lowest BCUT2D eigenvalue weighted by atomic mass is 10.1. The van der Waals surface area contributed by atoms with Crippen molar-refractivity contribution in [2.45, 2.75) is 18.5 Å². The molecule has 4 nitrogen and oxygen atoms in total. The summed E-state index contributed by atoms with van der Waals surface area (Å²) in [4.78, 5) is 8.70. The third-order valence-electron chi connectivity index (χ3n) is 4.11. The van der Waals surface area contributed by atoms with Gasteiger partial charge in [0.1, 0.15) is 12.1 Å². The number of hydrogen-bond acceptors (Lipinski definition) is 4. The first kappa shape index (κ1) is 12.3. The van der Waals surface area contributed by atoms with Gasteiger partial charge >= 0.3 is 0 Å². The lowest BCUT2D eigenvalue weighted by Crippen LogP contribution is -2.30. The number of nitrogens with one attached hydrogen (secondary N) is 1. The minimum Gasteiger partial charge on any atom is -0.361 e. The highest BCUT2D eigenvalue weighted by molar-refractivity contribution is 5.88. The number of benzene rings is 2. The summed E-state index contributed by atoms with van der Waals surface area (Å²) < 4.78 is 0. The fourth-order valence-corrected chi connectivity index (χ4v) is 3.08. The predicted octanol–water partition coefficient (Wildman–Crippen LogP) is 2.67. The van der Waals surface area contributed by atoms with Gasteiger partial charge in [-0.1, -0.05) is 36.4 Å². The Morgan fingerprint density at radius 3 is 2.76 bits per heavy atom. The Balaban J connectivity index is 1.75. The van der Waals surface area contributed by atoms with Gasteiger partial charge in [0.05, 0.1) is 11.6 Å². The number of aromatic nitrogens is 2. The summed E-state index contributed by atoms with van der Waals surface area (Å²) >= 11 is 0. The molecule has 0 saturated carbocycles. The summed E-state index contributed by atoms with van der Waals surface area (Å²) in [6.45, 7) is 0. The molecule has 1 aromatic heterocycles. The fraction of sp³-hybridized carbons (Fsp3) is 0.176. The molecule has 21 heavy (non-hydrogen) atoms. The van der Waals surface area contributed by atoms with Crippen LogP contribution in [0.25, 0.3) is 10.9 Å². The minimum absolute atomic E-state index is 0.0659. The van der Waals surface area contributed by atoms with Crippen molar-refractivity contribution < 1.29 is 0 Å². The Kier molecular flexibility index (Phi) is 2.82. The number of hydrogen-bond donors (Lipinski definition) is 2. The van der Waals surface area contributed by atoms with Crippen molar-refractivity contribution in [2.24, 2.45) is 5.73 Å². The van der Waals surface area contributed by atoms with Crippen molar-refractivity contribution in [3.63, 3.8) is 0 Å². The maximum Gasteiger partial charge on any atom is 0.137 e. The van der Waals surface area contributed by atoms with Crippen molar-refractivity contribution >= 4 is 16.7 Å². The second kappa shape index (κ2) is 4.82. The molecule has 3 N–H and O–H groups in total. The molecular weight excluding hydrogens is 260 g/mol. The summed E-state index contributed by atoms with van der Waals surface area (Å²) in [6.07, 6.45) is 2.49. The van der Waals surface area contributed by atoms with Gasteiger partial charge in [0.25, 0.3) is 0 Å². The average Bonchev–Trinajstić information content (AvgIpc) is 2.84. The molecule has 0 amide bonds. The van der Waals surface area contributed by atoms with Crippen LogP contribution < -0.4 is 11.1 Å². The Hall–Kier alpha value is -2.46. The molecule has 3 aromatic rings. The number of anilines is 1. The van der Waals surface area contributed by atoms with E-state index >= 15 is 0 Å². The summed E-state index contributed by atoms with van der Waals surface area (Å²) in [5.41, 5.74) is 9.85. The molecule has 0 spiro atoms. The van der Waals surface area contributed by atoms with Gasteiger partial charge in [-0.25, -0.2) is 9.97 Å². The molecule has 0 saturated heterocycles. The second-order valence-corrected chi connectivity index (χ2v) is 5.43. The summed E-state index contributed by atoms with van der Waals surface area (Å²) in [7, 11) is 0. The monoisotopic (exact) mass is 276 g/mol. The van der Waals surface area contributed by atoms with E-state index < -0.39 is 0 Å². The van der Waals surface area contributed by atoms with Gasteiger partial charge in [-0.3, -0.25) is 0 Å². The molecule has 0 bridgehead atoms. The van der Waals surface area contributed by atoms with Crippen LogP contribution in [-0.2, 0) is 6.42 Å². The lowest BCUT2D eigenvalue weighted by molar-refractivity contribution is 0.624. The van der Waals surface area contributed by atoms with Crippen LogP contribution in [0, 0.1) is 0 Å². The van der Waals surface area contributed by atoms with Gasteiger partial charge in [-0.05, 0) is 29.7 Å². The Labute approximate surface area is 123 Å². The third-order valence-corrected chi connectivity index (χ3v) is 4.11. The third kappa shape index (κ3) is 2.04. The normalized spacial score (nSPS) is 20.4. The van der Waals surface area contributed by atoms with Gasteiger partial charge in [0, 0.05) is 11.4 Å². The first-order chi connectivity index (χ1) is 10.3. The zero-order chi connectivity index (χ0) is 14.2. The van der Waals surface area contributed by atoms with Crippen molar-refractivity contribution in [1.29, 1.82) is 0 Å². The smallest absolute Gasteiger partial charge is 0.137 e. The SMILES string of the molecule is NC1Cc2ccccc2C1Nc1ncnc2ccccc12. The standard InChI is InChI=1S/C17H16N4/c18-14-9-11-5-1-2-6-12(11)16(14)21-17-13-7-3-4-8-15(13)19-10-20-17/h1-8,10,14,16H,9,18H2,(H,19,20,21). The summed E-state index contributed by atoms with van der Waals surface area (Å²) in [6, 6.07) is 16.6. The minimum atomic E-state index is 0.0659. The van der Waals surface area contributed by atoms with Crippen molar-refractivity contribution in [3.05, 3.63) is 66.0 Å². The molecule has 1 aliphatic carbocycles. The second-order valence-electron chi connectivity index (χ2n) is 5.43. The summed E-state index contributed by atoms with van der Waals surface area (Å²) in [5, 5.41) is 4.54. The zero-order valence-electron chi connectivity index (χ0n) is 11.5. The Morgan fingerprint density at radius 1 is 1.00 bits per heavy atom. The number of rotatable bonds is 2. The highest BCUT2D eigenvalue weighted by atomic mass is 15.1. The molecule has 4 rings (SSSR count). The average molecular weight is 276 g/mol. The van der Waals surface area contributed by atoms with Crippen LogP contribution in [0.3, 0.4) is 0 Å². The van der Waals surface area contributed by atoms with Crippen molar-refractivity contribution in [1.82, 2.24) is 9.97 Å². The van der Waals surface area contributed by atoms with Gasteiger partial charge in [0.15, 0.2) is 0 Å². The first-order valence-electron chi connectivity index (χ1n) is 7.12. The van der Waals surface area contributed by atoms with Gasteiger partial charge < -0.3 is 11.1 Å². The lowest BCUT2D eigenvalue weighted by Gasteiger charge is -2.20. The maximum absolute atomic E-state index is 6.32. The predicted molar refractivity (Wildman–Crippen MR) is 84.0 cm³/mol. The number of fused-ring (bicyclic) bond motifs is 2. The van der Waals surface area contributed by atoms with E-state index in [1.807, 2.05) is 24.3 Å². The largest absolute Gasteiger partial charge is 0.361 e. The van der Waals surface area contributed by atoms with E-state index in [1.165, 1.54) is 11.1 Å². The first-order valence-corrected chi connectivity index (χ1v) is 7.12. The van der Waals surface area contributed by atoms with E-state index in [-0.39, 0.29) is 12.1 Å². The molecular formula is C17H16N4. The van der Waals surface area contributed by atoms with Crippen LogP contribution in [0.15, 0.2) is 54.9 Å². The van der Waals surface area contributed by atoms with Gasteiger partial charge in [-0.2, -0.15) is 0 Å². The summed E-state index contributed by atoms with van der Waals surface area (Å²) in [5.74, 6) is 0.845. The van der Waals surface area contributed by atoms with Crippen molar-refractivity contribution in [2.75, 3.05) is 5.32 Å². The van der Waals surface area contributed by atoms with Gasteiger partial charge in [0.2, 0.25) is 0 Å². The fourth-order valence-electron chi connectivity index (χ4n) is 3.08. The molecule has 2 unspecified atom stereocenters. The van der Waals surface area contributed by atoms with Crippen LogP contribution in [0.4, 0.5) is 5.82 Å². The molecule has 1 aliphatic rings. The Morgan fingerprint density at radius 2 is 1.81 bits per heavy atom. The van der Waals surface area contributed by atoms with Crippen LogP contribution in [0.1, 0.15) is 17.2 Å². The van der Waals surface area contributed by atoms with Crippen LogP contribution in [-0.4, -0.2) is 16.0 Å². The molecule has 4 heteroatoms. The van der Waals surface area contributed by atoms with E-state index in [2.05, 4.69) is 39.6 Å². The number of para-hydroxylation sites is 1. The van der Waals surface area contributed by atoms with E-state index in [9.17, 15) is 0 Å². The molecule has 0 fully saturated rings. The van der Waals surface area contributed by atoms with Crippen LogP contribution in [0.2, 0.25) is 0 Å². The van der Waals surface area contributed by atoms with E-state index in [0.29, 0.717) is 0 Å². The Bertz CT molecular complexity index is 794. The molecule has 2 atom stereocenters. The van der Waals surface area contributed by atoms with Crippen LogP contribution >= 0.6 is 0 Å². The topological polar surface area (TPSA) is 63.8 Å². The van der Waals surface area contributed by atoms with Gasteiger partial charge in [-0.15, -0.1) is 0 Å². The highest BCUT2D eigenvalue weighted by Gasteiger charge is 2.29. The number of nitrogens with two attached hydrogens (primary N) is 1. The van der Waals surface area contributed by atoms with E-state index in [4.69, 9.17) is 5.73 Å². The molecule has 0 radical (unpaired) electrons. The maximum atomic E-state index is 6.32. The zero-order valence-corrected chi connectivity index (χ0v) is 11.5.